The minimum absolute atomic E-state index is 0.0239. The van der Waals surface area contributed by atoms with Crippen molar-refractivity contribution in [3.05, 3.63) is 171 Å². The van der Waals surface area contributed by atoms with Gasteiger partial charge in [0, 0.05) is 5.56 Å². The Morgan fingerprint density at radius 2 is 0.762 bits per heavy atom. The van der Waals surface area contributed by atoms with E-state index in [0.29, 0.717) is 11.4 Å². The predicted molar refractivity (Wildman–Crippen MR) is 179 cm³/mol. The fraction of sp³-hybridized carbons (Fsp3) is 0.0541. The van der Waals surface area contributed by atoms with Gasteiger partial charge in [-0.15, -0.1) is 34.5 Å². The molecular weight excluding hydrogens is 927 g/mol. The first-order valence-corrected chi connectivity index (χ1v) is 17.0. The number of carbonyl (C=O) groups is 1. The van der Waals surface area contributed by atoms with Gasteiger partial charge in [-0.05, 0) is 0 Å². The molecule has 4 nitrogen and oxygen atoms in total. The minimum atomic E-state index is -7.22. The van der Waals surface area contributed by atoms with E-state index in [1.165, 1.54) is 0 Å². The van der Waals surface area contributed by atoms with Crippen molar-refractivity contribution in [1.29, 1.82) is 0 Å². The molecule has 0 saturated carbocycles. The molecule has 332 valence electrons. The summed E-state index contributed by atoms with van der Waals surface area (Å²) in [6, 6.07) is 9.16. The van der Waals surface area contributed by atoms with Gasteiger partial charge in [0.15, 0.2) is 76.0 Å². The summed E-state index contributed by atoms with van der Waals surface area (Å²) in [5.74, 6) is -70.6. The van der Waals surface area contributed by atoms with Crippen molar-refractivity contribution in [1.82, 2.24) is 4.98 Å². The molecule has 0 bridgehead atoms. The molecular formula is C37H13BF20N2O2S. The quantitative estimate of drug-likeness (QED) is 0.0241. The summed E-state index contributed by atoms with van der Waals surface area (Å²) in [5, 5.41) is 0. The number of rotatable bonds is 9. The second-order valence-corrected chi connectivity index (χ2v) is 12.7. The molecule has 26 heteroatoms. The van der Waals surface area contributed by atoms with Crippen LogP contribution in [-0.4, -0.2) is 22.9 Å². The number of ether oxygens (including phenoxy) is 1. The van der Waals surface area contributed by atoms with Crippen molar-refractivity contribution in [2.75, 3.05) is 5.94 Å². The van der Waals surface area contributed by atoms with E-state index < -0.39 is 144 Å². The Morgan fingerprint density at radius 1 is 0.476 bits per heavy atom. The SMILES string of the molecule is Fc1c(F)c(F)c([B-](c2c(F)c(F)c(F)c(F)c2F)(c2c(F)c(F)c(F)c(F)c2F)c2c(F)c(F)c(F)c(F)c2F)c(F)c1F.O=C(C[n+]1ccncc1OCS)c1ccccc1. The lowest BCUT2D eigenvalue weighted by Gasteiger charge is -2.44. The summed E-state index contributed by atoms with van der Waals surface area (Å²) in [4.78, 5) is 16.0. The Balaban J connectivity index is 0.000000345. The molecule has 1 aromatic heterocycles. The molecule has 63 heavy (non-hydrogen) atoms. The van der Waals surface area contributed by atoms with Crippen molar-refractivity contribution in [3.8, 4) is 5.88 Å². The highest BCUT2D eigenvalue weighted by molar-refractivity contribution is 7.80. The largest absolute Gasteiger partial charge is 0.432 e. The van der Waals surface area contributed by atoms with E-state index in [4.69, 9.17) is 4.74 Å². The smallest absolute Gasteiger partial charge is 0.388 e. The molecule has 5 aromatic carbocycles. The molecule has 0 unspecified atom stereocenters. The van der Waals surface area contributed by atoms with Crippen LogP contribution in [-0.2, 0) is 6.54 Å². The highest BCUT2D eigenvalue weighted by Gasteiger charge is 2.52. The molecule has 0 aliphatic rings. The second kappa shape index (κ2) is 18.2. The Labute approximate surface area is 342 Å². The maximum absolute atomic E-state index is 15.4. The van der Waals surface area contributed by atoms with Crippen LogP contribution >= 0.6 is 12.6 Å². The fourth-order valence-electron chi connectivity index (χ4n) is 6.43. The Hall–Kier alpha value is -6.34. The van der Waals surface area contributed by atoms with Gasteiger partial charge in [0.05, 0.1) is 6.20 Å². The molecule has 0 N–H and O–H groups in total. The van der Waals surface area contributed by atoms with Gasteiger partial charge in [-0.3, -0.25) is 4.79 Å². The summed E-state index contributed by atoms with van der Waals surface area (Å²) < 4.78 is 301. The van der Waals surface area contributed by atoms with E-state index in [1.807, 2.05) is 18.2 Å². The normalized spacial score (nSPS) is 11.4. The van der Waals surface area contributed by atoms with Gasteiger partial charge in [-0.2, -0.15) is 4.57 Å². The van der Waals surface area contributed by atoms with Gasteiger partial charge < -0.3 is 4.74 Å². The average Bonchev–Trinajstić information content (AvgIpc) is 3.27. The molecule has 0 atom stereocenters. The van der Waals surface area contributed by atoms with Gasteiger partial charge in [-0.25, -0.2) is 92.8 Å². The van der Waals surface area contributed by atoms with Crippen LogP contribution in [0.4, 0.5) is 87.8 Å². The van der Waals surface area contributed by atoms with E-state index >= 15 is 35.1 Å². The molecule has 0 saturated heterocycles. The van der Waals surface area contributed by atoms with E-state index in [0.717, 1.165) is 0 Å². The van der Waals surface area contributed by atoms with E-state index in [9.17, 15) is 57.5 Å². The van der Waals surface area contributed by atoms with Crippen LogP contribution in [0.25, 0.3) is 0 Å². The molecule has 1 heterocycles. The fourth-order valence-corrected chi connectivity index (χ4v) is 6.57. The molecule has 0 spiro atoms. The van der Waals surface area contributed by atoms with Crippen LogP contribution in [0.15, 0.2) is 48.9 Å². The highest BCUT2D eigenvalue weighted by Crippen LogP contribution is 2.30. The zero-order valence-corrected chi connectivity index (χ0v) is 30.7. The monoisotopic (exact) mass is 940 g/mol. The Bertz CT molecular complexity index is 2440. The number of carbonyl (C=O) groups excluding carboxylic acids is 1. The summed E-state index contributed by atoms with van der Waals surface area (Å²) >= 11 is 3.99. The first kappa shape index (κ1) is 47.7. The molecule has 0 amide bonds. The van der Waals surface area contributed by atoms with E-state index in [2.05, 4.69) is 17.6 Å². The zero-order valence-electron chi connectivity index (χ0n) is 29.8. The third-order valence-corrected chi connectivity index (χ3v) is 9.26. The number of Topliss-reactive ketones (excluding diaryl/α,β-unsaturated/α-hetero) is 1. The van der Waals surface area contributed by atoms with Crippen molar-refractivity contribution in [3.63, 3.8) is 0 Å². The van der Waals surface area contributed by atoms with Gasteiger partial charge in [0.1, 0.15) is 64.8 Å². The summed E-state index contributed by atoms with van der Waals surface area (Å²) in [6.45, 7) is 0.218. The number of thiol groups is 1. The van der Waals surface area contributed by atoms with Crippen LogP contribution in [0.1, 0.15) is 10.4 Å². The Morgan fingerprint density at radius 3 is 1.05 bits per heavy atom. The standard InChI is InChI=1S/C24BF20.C13H12N2O2S/c26-5-1(6(27)14(35)21(42)13(5)34)25(2-7(28)15(36)22(43)16(37)8(2)29,3-9(30)17(38)23(44)18(39)10(3)31)4-11(32)19(40)24(45)20(41)12(4)33;16-12(11-4-2-1-3-5-11)9-15-7-6-14-8-13(15)17-10-18/h;1-8H,9-10H2/q-1;/p+1. The second-order valence-electron chi connectivity index (χ2n) is 12.4. The third kappa shape index (κ3) is 7.77. The maximum Gasteiger partial charge on any atom is 0.388 e. The number of hydrogen-bond acceptors (Lipinski definition) is 4. The first-order valence-electron chi connectivity index (χ1n) is 16.4. The summed E-state index contributed by atoms with van der Waals surface area (Å²) in [7, 11) is 0. The number of hydrogen-bond donors (Lipinski definition) is 1. The number of halogens is 20. The van der Waals surface area contributed by atoms with E-state index in [-0.39, 0.29) is 18.3 Å². The molecule has 0 aliphatic carbocycles. The van der Waals surface area contributed by atoms with Crippen LogP contribution in [0.3, 0.4) is 0 Å². The van der Waals surface area contributed by atoms with Crippen molar-refractivity contribution in [2.45, 2.75) is 6.54 Å². The molecule has 6 rings (SSSR count). The third-order valence-electron chi connectivity index (χ3n) is 9.13. The van der Waals surface area contributed by atoms with Gasteiger partial charge >= 0.3 is 5.88 Å². The molecule has 6 aromatic rings. The lowest BCUT2D eigenvalue weighted by atomic mass is 9.12. The maximum atomic E-state index is 15.4. The summed E-state index contributed by atoms with van der Waals surface area (Å²) in [5.41, 5.74) is -13.7. The van der Waals surface area contributed by atoms with Crippen LogP contribution in [0.5, 0.6) is 5.88 Å². The first-order chi connectivity index (χ1) is 29.5. The average molecular weight is 940 g/mol. The lowest BCUT2D eigenvalue weighted by Crippen LogP contribution is -2.81. The molecule has 0 radical (unpaired) electrons. The number of nitrogens with zero attached hydrogens (tertiary/aromatic N) is 2. The van der Waals surface area contributed by atoms with Crippen molar-refractivity contribution >= 4 is 46.4 Å². The topological polar surface area (TPSA) is 43.1 Å². The molecule has 0 fully saturated rings. The predicted octanol–water partition coefficient (Wildman–Crippen LogP) is 7.36. The van der Waals surface area contributed by atoms with Crippen LogP contribution < -0.4 is 31.2 Å². The van der Waals surface area contributed by atoms with E-state index in [1.54, 1.807) is 35.3 Å². The number of aromatic nitrogens is 2. The summed E-state index contributed by atoms with van der Waals surface area (Å²) in [6.07, 6.45) is -2.33. The lowest BCUT2D eigenvalue weighted by molar-refractivity contribution is -0.688. The van der Waals surface area contributed by atoms with Crippen LogP contribution in [0.2, 0.25) is 0 Å². The van der Waals surface area contributed by atoms with Crippen molar-refractivity contribution < 1.29 is 102 Å². The van der Waals surface area contributed by atoms with Gasteiger partial charge in [-0.1, -0.05) is 30.3 Å². The number of ketones is 1. The minimum Gasteiger partial charge on any atom is -0.432 e. The molecule has 0 aliphatic heterocycles. The Kier molecular flexibility index (Phi) is 13.8. The zero-order chi connectivity index (χ0) is 47.2. The highest BCUT2D eigenvalue weighted by atomic mass is 32.1. The number of benzene rings is 5. The van der Waals surface area contributed by atoms with Crippen molar-refractivity contribution in [2.24, 2.45) is 0 Å². The van der Waals surface area contributed by atoms with Gasteiger partial charge in [0.25, 0.3) is 0 Å². The van der Waals surface area contributed by atoms with Gasteiger partial charge in [0.2, 0.25) is 12.3 Å². The van der Waals surface area contributed by atoms with Crippen LogP contribution in [0, 0.1) is 116 Å².